The van der Waals surface area contributed by atoms with Gasteiger partial charge >= 0.3 is 0 Å². The van der Waals surface area contributed by atoms with Gasteiger partial charge in [-0.15, -0.1) is 0 Å². The van der Waals surface area contributed by atoms with Gasteiger partial charge in [-0.05, 0) is 45.0 Å². The fourth-order valence-corrected chi connectivity index (χ4v) is 4.47. The SMILES string of the molecule is CC1(c2cc(Oc3ccccn3)ccc2F)CS(=O)(=O)C(C)(C)C(N)=N1. The van der Waals surface area contributed by atoms with E-state index in [1.165, 1.54) is 32.0 Å². The maximum absolute atomic E-state index is 14.5. The van der Waals surface area contributed by atoms with Crippen LogP contribution in [0.15, 0.2) is 47.6 Å². The molecule has 1 aromatic heterocycles. The van der Waals surface area contributed by atoms with E-state index in [0.29, 0.717) is 11.6 Å². The summed E-state index contributed by atoms with van der Waals surface area (Å²) in [6, 6.07) is 9.27. The highest BCUT2D eigenvalue weighted by atomic mass is 32.2. The average Bonchev–Trinajstić information content (AvgIpc) is 2.55. The van der Waals surface area contributed by atoms with Crippen LogP contribution in [0.4, 0.5) is 4.39 Å². The lowest BCUT2D eigenvalue weighted by atomic mass is 9.93. The Kier molecular flexibility index (Phi) is 4.26. The Balaban J connectivity index is 2.06. The zero-order chi connectivity index (χ0) is 19.2. The smallest absolute Gasteiger partial charge is 0.219 e. The highest BCUT2D eigenvalue weighted by Gasteiger charge is 2.49. The summed E-state index contributed by atoms with van der Waals surface area (Å²) in [5.41, 5.74) is 4.68. The molecule has 0 aliphatic carbocycles. The van der Waals surface area contributed by atoms with Crippen LogP contribution in [0.5, 0.6) is 11.6 Å². The van der Waals surface area contributed by atoms with Crippen molar-refractivity contribution in [2.45, 2.75) is 31.1 Å². The van der Waals surface area contributed by atoms with Gasteiger partial charge in [0, 0.05) is 17.8 Å². The second kappa shape index (κ2) is 6.05. The Hall–Kier alpha value is -2.48. The van der Waals surface area contributed by atoms with Gasteiger partial charge in [-0.2, -0.15) is 0 Å². The molecule has 1 aromatic carbocycles. The molecule has 0 radical (unpaired) electrons. The van der Waals surface area contributed by atoms with E-state index < -0.39 is 25.9 Å². The van der Waals surface area contributed by atoms with Crippen molar-refractivity contribution < 1.29 is 17.5 Å². The minimum absolute atomic E-state index is 0.0401. The van der Waals surface area contributed by atoms with Gasteiger partial charge in [0.2, 0.25) is 5.88 Å². The molecule has 3 rings (SSSR count). The second-order valence-corrected chi connectivity index (χ2v) is 9.49. The number of rotatable bonds is 3. The quantitative estimate of drug-likeness (QED) is 0.887. The van der Waals surface area contributed by atoms with Crippen LogP contribution >= 0.6 is 0 Å². The summed E-state index contributed by atoms with van der Waals surface area (Å²) < 4.78 is 44.2. The number of nitrogens with two attached hydrogens (primary N) is 1. The number of pyridine rings is 1. The highest BCUT2D eigenvalue weighted by Crippen LogP contribution is 2.39. The van der Waals surface area contributed by atoms with Crippen LogP contribution in [-0.4, -0.2) is 29.7 Å². The minimum atomic E-state index is -3.63. The van der Waals surface area contributed by atoms with E-state index in [1.54, 1.807) is 31.3 Å². The number of hydrogen-bond donors (Lipinski definition) is 1. The van der Waals surface area contributed by atoms with Crippen LogP contribution in [0.2, 0.25) is 0 Å². The Labute approximate surface area is 151 Å². The number of aromatic nitrogens is 1. The molecule has 2 heterocycles. The number of nitrogens with zero attached hydrogens (tertiary/aromatic N) is 2. The summed E-state index contributed by atoms with van der Waals surface area (Å²) in [4.78, 5) is 8.40. The molecule has 1 aliphatic heterocycles. The molecular formula is C18H20FN3O3S. The Morgan fingerprint density at radius 2 is 1.92 bits per heavy atom. The number of ether oxygens (including phenoxy) is 1. The summed E-state index contributed by atoms with van der Waals surface area (Å²) >= 11 is 0. The second-order valence-electron chi connectivity index (χ2n) is 6.95. The Morgan fingerprint density at radius 3 is 2.54 bits per heavy atom. The molecule has 0 bridgehead atoms. The number of halogens is 1. The topological polar surface area (TPSA) is 94.6 Å². The fraction of sp³-hybridized carbons (Fsp3) is 0.333. The summed E-state index contributed by atoms with van der Waals surface area (Å²) in [6.07, 6.45) is 1.57. The third-order valence-corrected chi connectivity index (χ3v) is 7.32. The molecule has 6 nitrogen and oxygen atoms in total. The lowest BCUT2D eigenvalue weighted by Crippen LogP contribution is -2.54. The number of sulfone groups is 1. The Morgan fingerprint density at radius 1 is 1.19 bits per heavy atom. The number of hydrogen-bond acceptors (Lipinski definition) is 6. The molecule has 1 unspecified atom stereocenters. The van der Waals surface area contributed by atoms with E-state index in [-0.39, 0.29) is 17.2 Å². The molecule has 138 valence electrons. The summed E-state index contributed by atoms with van der Waals surface area (Å²) in [5, 5.41) is 0. The predicted octanol–water partition coefficient (Wildman–Crippen LogP) is 2.79. The van der Waals surface area contributed by atoms with Crippen LogP contribution in [-0.2, 0) is 15.4 Å². The lowest BCUT2D eigenvalue weighted by molar-refractivity contribution is 0.446. The average molecular weight is 377 g/mol. The first kappa shape index (κ1) is 18.3. The van der Waals surface area contributed by atoms with Crippen molar-refractivity contribution in [1.29, 1.82) is 0 Å². The summed E-state index contributed by atoms with van der Waals surface area (Å²) in [5.74, 6) is -0.292. The first-order valence-electron chi connectivity index (χ1n) is 8.02. The number of aliphatic imine (C=N–C) groups is 1. The van der Waals surface area contributed by atoms with Crippen LogP contribution < -0.4 is 10.5 Å². The summed E-state index contributed by atoms with van der Waals surface area (Å²) in [7, 11) is -3.63. The van der Waals surface area contributed by atoms with Gasteiger partial charge in [-0.25, -0.2) is 17.8 Å². The van der Waals surface area contributed by atoms with Crippen LogP contribution in [0.1, 0.15) is 26.3 Å². The fourth-order valence-electron chi connectivity index (χ4n) is 2.79. The van der Waals surface area contributed by atoms with Gasteiger partial charge in [0.1, 0.15) is 27.7 Å². The van der Waals surface area contributed by atoms with Gasteiger partial charge < -0.3 is 10.5 Å². The van der Waals surface area contributed by atoms with E-state index in [1.807, 2.05) is 0 Å². The van der Waals surface area contributed by atoms with Crippen LogP contribution in [0.25, 0.3) is 0 Å². The van der Waals surface area contributed by atoms with Crippen molar-refractivity contribution in [1.82, 2.24) is 4.98 Å². The van der Waals surface area contributed by atoms with E-state index in [4.69, 9.17) is 10.5 Å². The van der Waals surface area contributed by atoms with E-state index in [9.17, 15) is 12.8 Å². The zero-order valence-electron chi connectivity index (χ0n) is 14.7. The summed E-state index contributed by atoms with van der Waals surface area (Å²) in [6.45, 7) is 4.55. The first-order valence-corrected chi connectivity index (χ1v) is 9.67. The van der Waals surface area contributed by atoms with Crippen molar-refractivity contribution in [3.63, 3.8) is 0 Å². The number of benzene rings is 1. The molecule has 1 aliphatic rings. The molecule has 0 saturated heterocycles. The van der Waals surface area contributed by atoms with Crippen molar-refractivity contribution in [3.05, 3.63) is 54.0 Å². The molecule has 0 fully saturated rings. The third-order valence-electron chi connectivity index (χ3n) is 4.61. The third kappa shape index (κ3) is 3.05. The van der Waals surface area contributed by atoms with Gasteiger partial charge in [0.25, 0.3) is 0 Å². The van der Waals surface area contributed by atoms with Gasteiger partial charge in [0.15, 0.2) is 9.84 Å². The molecule has 26 heavy (non-hydrogen) atoms. The normalized spacial score (nSPS) is 23.9. The van der Waals surface area contributed by atoms with E-state index >= 15 is 0 Å². The first-order chi connectivity index (χ1) is 12.1. The molecule has 2 N–H and O–H groups in total. The van der Waals surface area contributed by atoms with Gasteiger partial charge in [-0.3, -0.25) is 4.99 Å². The van der Waals surface area contributed by atoms with Crippen molar-refractivity contribution in [2.24, 2.45) is 10.7 Å². The highest BCUT2D eigenvalue weighted by molar-refractivity contribution is 7.93. The zero-order valence-corrected chi connectivity index (χ0v) is 15.5. The maximum atomic E-state index is 14.5. The molecule has 0 saturated carbocycles. The van der Waals surface area contributed by atoms with Gasteiger partial charge in [-0.1, -0.05) is 6.07 Å². The molecule has 0 amide bonds. The van der Waals surface area contributed by atoms with Crippen molar-refractivity contribution in [3.8, 4) is 11.6 Å². The molecule has 1 atom stereocenters. The molecular weight excluding hydrogens is 357 g/mol. The van der Waals surface area contributed by atoms with E-state index in [2.05, 4.69) is 9.98 Å². The standard InChI is InChI=1S/C18H20FN3O3S/c1-17(2)16(20)22-18(3,11-26(17,23)24)13-10-12(7-8-14(13)19)25-15-6-4-5-9-21-15/h4-10H,11H2,1-3H3,(H2,20,22). The van der Waals surface area contributed by atoms with Crippen LogP contribution in [0, 0.1) is 5.82 Å². The van der Waals surface area contributed by atoms with Gasteiger partial charge in [0.05, 0.1) is 5.75 Å². The lowest BCUT2D eigenvalue weighted by Gasteiger charge is -2.37. The van der Waals surface area contributed by atoms with E-state index in [0.717, 1.165) is 0 Å². The minimum Gasteiger partial charge on any atom is -0.439 e. The van der Waals surface area contributed by atoms with Crippen molar-refractivity contribution >= 4 is 15.7 Å². The Bertz CT molecular complexity index is 974. The van der Waals surface area contributed by atoms with Crippen LogP contribution in [0.3, 0.4) is 0 Å². The molecule has 8 heteroatoms. The molecule has 2 aromatic rings. The number of amidine groups is 1. The van der Waals surface area contributed by atoms with Crippen molar-refractivity contribution in [2.75, 3.05) is 5.75 Å². The maximum Gasteiger partial charge on any atom is 0.219 e. The molecule has 0 spiro atoms. The monoisotopic (exact) mass is 377 g/mol. The largest absolute Gasteiger partial charge is 0.439 e. The predicted molar refractivity (Wildman–Crippen MR) is 97.6 cm³/mol.